The number of aromatic nitrogens is 3. The SMILES string of the molecule is Cc1nn(C)c(C)c1N(C(=O)c1ccc(CSc2ncccc2C(F)(F)F)cc1)S(C)(=O)=O. The van der Waals surface area contributed by atoms with Crippen LogP contribution in [-0.4, -0.2) is 35.3 Å². The Morgan fingerprint density at radius 2 is 1.79 bits per heavy atom. The van der Waals surface area contributed by atoms with E-state index in [2.05, 4.69) is 10.1 Å². The van der Waals surface area contributed by atoms with Crippen molar-refractivity contribution >= 4 is 33.4 Å². The zero-order chi connectivity index (χ0) is 24.6. The van der Waals surface area contributed by atoms with E-state index in [0.29, 0.717) is 17.0 Å². The van der Waals surface area contributed by atoms with Gasteiger partial charge in [-0.2, -0.15) is 22.6 Å². The number of amides is 1. The molecule has 33 heavy (non-hydrogen) atoms. The number of halogens is 3. The lowest BCUT2D eigenvalue weighted by Gasteiger charge is -2.21. The van der Waals surface area contributed by atoms with Crippen molar-refractivity contribution in [3.05, 3.63) is 70.7 Å². The maximum absolute atomic E-state index is 13.1. The summed E-state index contributed by atoms with van der Waals surface area (Å²) in [5.41, 5.74) is 1.04. The summed E-state index contributed by atoms with van der Waals surface area (Å²) in [4.78, 5) is 16.9. The molecule has 0 atom stereocenters. The molecule has 0 radical (unpaired) electrons. The van der Waals surface area contributed by atoms with Crippen molar-refractivity contribution < 1.29 is 26.4 Å². The molecule has 2 aromatic heterocycles. The zero-order valence-corrected chi connectivity index (χ0v) is 19.8. The van der Waals surface area contributed by atoms with Gasteiger partial charge in [0, 0.05) is 24.6 Å². The minimum Gasteiger partial charge on any atom is -0.270 e. The quantitative estimate of drug-likeness (QED) is 0.470. The van der Waals surface area contributed by atoms with E-state index in [1.54, 1.807) is 33.0 Å². The van der Waals surface area contributed by atoms with Gasteiger partial charge < -0.3 is 0 Å². The zero-order valence-electron chi connectivity index (χ0n) is 18.2. The van der Waals surface area contributed by atoms with Gasteiger partial charge in [0.2, 0.25) is 10.0 Å². The fourth-order valence-corrected chi connectivity index (χ4v) is 5.18. The van der Waals surface area contributed by atoms with Gasteiger partial charge in [0.25, 0.3) is 5.91 Å². The molecule has 0 spiro atoms. The number of carbonyl (C=O) groups is 1. The number of nitrogens with zero attached hydrogens (tertiary/aromatic N) is 4. The van der Waals surface area contributed by atoms with Crippen molar-refractivity contribution in [2.75, 3.05) is 10.6 Å². The molecule has 12 heteroatoms. The lowest BCUT2D eigenvalue weighted by atomic mass is 10.1. The van der Waals surface area contributed by atoms with E-state index >= 15 is 0 Å². The number of carbonyl (C=O) groups excluding carboxylic acids is 1. The number of sulfonamides is 1. The average molecular weight is 499 g/mol. The van der Waals surface area contributed by atoms with Gasteiger partial charge in [-0.25, -0.2) is 13.4 Å². The molecule has 0 unspecified atom stereocenters. The van der Waals surface area contributed by atoms with Crippen LogP contribution >= 0.6 is 11.8 Å². The maximum Gasteiger partial charge on any atom is 0.419 e. The smallest absolute Gasteiger partial charge is 0.270 e. The first kappa shape index (κ1) is 24.8. The third-order valence-corrected chi connectivity index (χ3v) is 6.93. The number of pyridine rings is 1. The van der Waals surface area contributed by atoms with Crippen LogP contribution < -0.4 is 4.31 Å². The molecule has 0 aliphatic heterocycles. The molecule has 0 aliphatic rings. The van der Waals surface area contributed by atoms with Gasteiger partial charge in [-0.15, -0.1) is 11.8 Å². The number of alkyl halides is 3. The summed E-state index contributed by atoms with van der Waals surface area (Å²) < 4.78 is 66.5. The molecular weight excluding hydrogens is 477 g/mol. The lowest BCUT2D eigenvalue weighted by molar-refractivity contribution is -0.140. The standard InChI is InChI=1S/C21H21F3N4O3S2/c1-13-18(14(2)27(3)26-13)28(33(4,30)31)20(29)16-9-7-15(8-10-16)12-32-19-17(21(22,23)24)6-5-11-25-19/h5-11H,12H2,1-4H3. The van der Waals surface area contributed by atoms with E-state index in [0.717, 1.165) is 28.4 Å². The molecule has 2 heterocycles. The second kappa shape index (κ2) is 9.18. The van der Waals surface area contributed by atoms with Gasteiger partial charge in [0.15, 0.2) is 0 Å². The summed E-state index contributed by atoms with van der Waals surface area (Å²) in [5, 5.41) is 4.04. The van der Waals surface area contributed by atoms with Crippen molar-refractivity contribution in [3.63, 3.8) is 0 Å². The number of benzene rings is 1. The predicted octanol–water partition coefficient (Wildman–Crippen LogP) is 4.35. The fourth-order valence-electron chi connectivity index (χ4n) is 3.21. The van der Waals surface area contributed by atoms with Gasteiger partial charge in [-0.1, -0.05) is 12.1 Å². The van der Waals surface area contributed by atoms with Crippen molar-refractivity contribution in [1.82, 2.24) is 14.8 Å². The molecule has 0 fully saturated rings. The van der Waals surface area contributed by atoms with Crippen LogP contribution in [0, 0.1) is 13.8 Å². The Kier molecular flexibility index (Phi) is 6.89. The monoisotopic (exact) mass is 498 g/mol. The molecule has 1 amide bonds. The van der Waals surface area contributed by atoms with Crippen LogP contribution in [0.15, 0.2) is 47.6 Å². The molecule has 3 aromatic rings. The third kappa shape index (κ3) is 5.38. The normalized spacial score (nSPS) is 12.1. The number of thioether (sulfide) groups is 1. The van der Waals surface area contributed by atoms with Crippen LogP contribution in [0.5, 0.6) is 0 Å². The molecule has 176 valence electrons. The molecule has 0 bridgehead atoms. The highest BCUT2D eigenvalue weighted by Crippen LogP contribution is 2.36. The van der Waals surface area contributed by atoms with E-state index in [9.17, 15) is 26.4 Å². The lowest BCUT2D eigenvalue weighted by Crippen LogP contribution is -2.37. The molecule has 7 nitrogen and oxygen atoms in total. The van der Waals surface area contributed by atoms with Gasteiger partial charge >= 0.3 is 6.18 Å². The number of aryl methyl sites for hydroxylation is 2. The highest BCUT2D eigenvalue weighted by molar-refractivity contribution is 7.98. The molecule has 0 saturated heterocycles. The minimum atomic E-state index is -4.51. The maximum atomic E-state index is 13.1. The molecule has 0 aliphatic carbocycles. The summed E-state index contributed by atoms with van der Waals surface area (Å²) in [7, 11) is -2.31. The molecule has 0 saturated carbocycles. The first-order valence-electron chi connectivity index (χ1n) is 9.59. The Morgan fingerprint density at radius 3 is 2.30 bits per heavy atom. The molecular formula is C21H21F3N4O3S2. The van der Waals surface area contributed by atoms with Gasteiger partial charge in [-0.3, -0.25) is 9.48 Å². The number of hydrogen-bond donors (Lipinski definition) is 0. The Balaban J connectivity index is 1.84. The van der Waals surface area contributed by atoms with Crippen molar-refractivity contribution in [3.8, 4) is 0 Å². The van der Waals surface area contributed by atoms with Gasteiger partial charge in [0.1, 0.15) is 10.7 Å². The number of rotatable bonds is 6. The van der Waals surface area contributed by atoms with Crippen LogP contribution in [-0.2, 0) is 29.0 Å². The summed E-state index contributed by atoms with van der Waals surface area (Å²) in [6.45, 7) is 3.27. The van der Waals surface area contributed by atoms with Crippen molar-refractivity contribution in [2.45, 2.75) is 30.8 Å². The van der Waals surface area contributed by atoms with Crippen LogP contribution in [0.4, 0.5) is 18.9 Å². The first-order chi connectivity index (χ1) is 15.3. The highest BCUT2D eigenvalue weighted by Gasteiger charge is 2.34. The molecule has 0 N–H and O–H groups in total. The minimum absolute atomic E-state index is 0.116. The second-order valence-corrected chi connectivity index (χ2v) is 10.1. The van der Waals surface area contributed by atoms with Gasteiger partial charge in [0.05, 0.1) is 23.2 Å². The number of anilines is 1. The average Bonchev–Trinajstić information content (AvgIpc) is 2.97. The van der Waals surface area contributed by atoms with Crippen molar-refractivity contribution in [1.29, 1.82) is 0 Å². The van der Waals surface area contributed by atoms with Gasteiger partial charge in [-0.05, 0) is 43.7 Å². The fraction of sp³-hybridized carbons (Fsp3) is 0.286. The van der Waals surface area contributed by atoms with Crippen LogP contribution in [0.3, 0.4) is 0 Å². The Labute approximate surface area is 193 Å². The summed E-state index contributed by atoms with van der Waals surface area (Å²) in [6.07, 6.45) is -2.28. The van der Waals surface area contributed by atoms with E-state index in [1.807, 2.05) is 0 Å². The Morgan fingerprint density at radius 1 is 1.15 bits per heavy atom. The summed E-state index contributed by atoms with van der Waals surface area (Å²) in [5.74, 6) is -0.564. The van der Waals surface area contributed by atoms with Crippen molar-refractivity contribution in [2.24, 2.45) is 7.05 Å². The summed E-state index contributed by atoms with van der Waals surface area (Å²) >= 11 is 0.922. The van der Waals surface area contributed by atoms with Crippen LogP contribution in [0.1, 0.15) is 32.9 Å². The first-order valence-corrected chi connectivity index (χ1v) is 12.4. The number of hydrogen-bond acceptors (Lipinski definition) is 6. The predicted molar refractivity (Wildman–Crippen MR) is 120 cm³/mol. The van der Waals surface area contributed by atoms with Crippen LogP contribution in [0.2, 0.25) is 0 Å². The van der Waals surface area contributed by atoms with E-state index in [-0.39, 0.29) is 22.0 Å². The third-order valence-electron chi connectivity index (χ3n) is 4.84. The largest absolute Gasteiger partial charge is 0.419 e. The van der Waals surface area contributed by atoms with E-state index in [1.165, 1.54) is 29.1 Å². The Bertz CT molecular complexity index is 1290. The highest BCUT2D eigenvalue weighted by atomic mass is 32.2. The molecule has 3 rings (SSSR count). The van der Waals surface area contributed by atoms with E-state index < -0.39 is 27.7 Å². The van der Waals surface area contributed by atoms with E-state index in [4.69, 9.17) is 0 Å². The molecule has 1 aromatic carbocycles. The Hall–Kier alpha value is -2.86. The second-order valence-electron chi connectivity index (χ2n) is 7.32. The van der Waals surface area contributed by atoms with Crippen LogP contribution in [0.25, 0.3) is 0 Å². The summed E-state index contributed by atoms with van der Waals surface area (Å²) in [6, 6.07) is 8.23. The topological polar surface area (TPSA) is 85.2 Å².